The Bertz CT molecular complexity index is 1640. The Kier molecular flexibility index (Phi) is 8.41. The summed E-state index contributed by atoms with van der Waals surface area (Å²) in [6.45, 7) is 0. The molecule has 6 aromatic carbocycles. The standard InChI is InChI=1S/C38H34O4/c39-35(41-37-31-19-11-7-15-27(31)25-28-16-8-12-20-32(28)37)23-5-3-1-2-4-6-24-36(40)42-38-33-21-13-9-17-29(33)26-30-18-10-14-22-34(30)38/h7-22,25-26H,1-6,23-24H2. The highest BCUT2D eigenvalue weighted by Gasteiger charge is 2.14. The Morgan fingerprint density at radius 1 is 0.405 bits per heavy atom. The first-order valence-corrected chi connectivity index (χ1v) is 14.9. The van der Waals surface area contributed by atoms with Crippen LogP contribution in [0.2, 0.25) is 0 Å². The van der Waals surface area contributed by atoms with E-state index in [0.717, 1.165) is 81.6 Å². The predicted molar refractivity (Wildman–Crippen MR) is 171 cm³/mol. The predicted octanol–water partition coefficient (Wildman–Crippen LogP) is 9.93. The smallest absolute Gasteiger partial charge is 0.311 e. The van der Waals surface area contributed by atoms with Gasteiger partial charge in [0.1, 0.15) is 11.5 Å². The van der Waals surface area contributed by atoms with E-state index in [1.807, 2.05) is 97.1 Å². The Labute approximate surface area is 245 Å². The molecular weight excluding hydrogens is 520 g/mol. The van der Waals surface area contributed by atoms with Gasteiger partial charge in [0.05, 0.1) is 0 Å². The molecular formula is C38H34O4. The number of rotatable bonds is 11. The lowest BCUT2D eigenvalue weighted by molar-refractivity contribution is -0.135. The highest BCUT2D eigenvalue weighted by atomic mass is 16.5. The van der Waals surface area contributed by atoms with Crippen LogP contribution < -0.4 is 9.47 Å². The number of carbonyl (C=O) groups excluding carboxylic acids is 2. The molecule has 0 aliphatic rings. The second-order valence-electron chi connectivity index (χ2n) is 10.9. The summed E-state index contributed by atoms with van der Waals surface area (Å²) in [6, 6.07) is 36.3. The topological polar surface area (TPSA) is 52.6 Å². The zero-order chi connectivity index (χ0) is 28.7. The Morgan fingerprint density at radius 2 is 0.690 bits per heavy atom. The molecule has 0 atom stereocenters. The number of fused-ring (bicyclic) bond motifs is 4. The average molecular weight is 555 g/mol. The van der Waals surface area contributed by atoms with Gasteiger partial charge in [-0.3, -0.25) is 9.59 Å². The van der Waals surface area contributed by atoms with E-state index >= 15 is 0 Å². The Hall–Kier alpha value is -4.70. The minimum absolute atomic E-state index is 0.194. The number of ether oxygens (including phenoxy) is 2. The molecule has 0 N–H and O–H groups in total. The maximum Gasteiger partial charge on any atom is 0.311 e. The van der Waals surface area contributed by atoms with Gasteiger partial charge in [0, 0.05) is 34.4 Å². The van der Waals surface area contributed by atoms with Crippen molar-refractivity contribution in [1.29, 1.82) is 0 Å². The first-order chi connectivity index (χ1) is 20.7. The third-order valence-corrected chi connectivity index (χ3v) is 7.89. The van der Waals surface area contributed by atoms with Crippen molar-refractivity contribution in [3.63, 3.8) is 0 Å². The van der Waals surface area contributed by atoms with Crippen LogP contribution in [0.25, 0.3) is 43.1 Å². The van der Waals surface area contributed by atoms with Crippen molar-refractivity contribution in [3.05, 3.63) is 109 Å². The number of unbranched alkanes of at least 4 members (excludes halogenated alkanes) is 5. The summed E-state index contributed by atoms with van der Waals surface area (Å²) < 4.78 is 11.8. The van der Waals surface area contributed by atoms with Crippen LogP contribution in [-0.4, -0.2) is 11.9 Å². The highest BCUT2D eigenvalue weighted by Crippen LogP contribution is 2.36. The number of carbonyl (C=O) groups is 2. The van der Waals surface area contributed by atoms with Gasteiger partial charge in [-0.15, -0.1) is 0 Å². The molecule has 0 fully saturated rings. The van der Waals surface area contributed by atoms with Crippen LogP contribution in [0.3, 0.4) is 0 Å². The molecule has 4 nitrogen and oxygen atoms in total. The molecule has 0 unspecified atom stereocenters. The molecule has 0 saturated carbocycles. The van der Waals surface area contributed by atoms with Gasteiger partial charge in [-0.05, 0) is 46.5 Å². The van der Waals surface area contributed by atoms with Gasteiger partial charge in [-0.25, -0.2) is 0 Å². The monoisotopic (exact) mass is 554 g/mol. The third-order valence-electron chi connectivity index (χ3n) is 7.89. The zero-order valence-corrected chi connectivity index (χ0v) is 23.7. The van der Waals surface area contributed by atoms with Crippen molar-refractivity contribution >= 4 is 55.0 Å². The molecule has 0 spiro atoms. The lowest BCUT2D eigenvalue weighted by Gasteiger charge is -2.12. The van der Waals surface area contributed by atoms with Crippen LogP contribution in [-0.2, 0) is 9.59 Å². The lowest BCUT2D eigenvalue weighted by Crippen LogP contribution is -2.08. The molecule has 0 radical (unpaired) electrons. The molecule has 0 saturated heterocycles. The lowest BCUT2D eigenvalue weighted by atomic mass is 10.0. The van der Waals surface area contributed by atoms with Crippen LogP contribution >= 0.6 is 0 Å². The summed E-state index contributed by atoms with van der Waals surface area (Å²) in [7, 11) is 0. The molecule has 6 rings (SSSR count). The summed E-state index contributed by atoms with van der Waals surface area (Å²) in [5.74, 6) is 0.912. The van der Waals surface area contributed by atoms with E-state index in [0.29, 0.717) is 24.3 Å². The summed E-state index contributed by atoms with van der Waals surface area (Å²) in [5.41, 5.74) is 0. The Balaban J connectivity index is 0.942. The minimum atomic E-state index is -0.194. The fraction of sp³-hybridized carbons (Fsp3) is 0.211. The van der Waals surface area contributed by atoms with Crippen molar-refractivity contribution < 1.29 is 19.1 Å². The average Bonchev–Trinajstić information content (AvgIpc) is 3.02. The molecule has 4 heteroatoms. The van der Waals surface area contributed by atoms with Crippen LogP contribution in [0.5, 0.6) is 11.5 Å². The SMILES string of the molecule is O=C(CCCCCCCCC(=O)Oc1c2ccccc2cc2ccccc12)Oc1c2ccccc2cc2ccccc12. The number of benzene rings is 6. The van der Waals surface area contributed by atoms with Crippen molar-refractivity contribution in [2.75, 3.05) is 0 Å². The van der Waals surface area contributed by atoms with Crippen molar-refractivity contribution in [3.8, 4) is 11.5 Å². The van der Waals surface area contributed by atoms with Gasteiger partial charge >= 0.3 is 11.9 Å². The summed E-state index contributed by atoms with van der Waals surface area (Å²) in [4.78, 5) is 25.5. The van der Waals surface area contributed by atoms with E-state index in [2.05, 4.69) is 12.1 Å². The maximum atomic E-state index is 12.7. The molecule has 0 aliphatic carbocycles. The van der Waals surface area contributed by atoms with E-state index in [1.165, 1.54) is 0 Å². The molecule has 0 heterocycles. The number of hydrogen-bond donors (Lipinski definition) is 0. The van der Waals surface area contributed by atoms with Gasteiger partial charge < -0.3 is 9.47 Å². The molecule has 0 bridgehead atoms. The number of esters is 2. The highest BCUT2D eigenvalue weighted by molar-refractivity contribution is 6.07. The second-order valence-corrected chi connectivity index (χ2v) is 10.9. The van der Waals surface area contributed by atoms with Gasteiger partial charge in [0.15, 0.2) is 0 Å². The van der Waals surface area contributed by atoms with Crippen LogP contribution in [0, 0.1) is 0 Å². The van der Waals surface area contributed by atoms with Crippen molar-refractivity contribution in [2.24, 2.45) is 0 Å². The van der Waals surface area contributed by atoms with Gasteiger partial charge in [0.2, 0.25) is 0 Å². The fourth-order valence-electron chi connectivity index (χ4n) is 5.74. The first kappa shape index (κ1) is 27.5. The molecule has 6 aromatic rings. The van der Waals surface area contributed by atoms with Crippen molar-refractivity contribution in [2.45, 2.75) is 51.4 Å². The molecule has 42 heavy (non-hydrogen) atoms. The second kappa shape index (κ2) is 12.9. The Morgan fingerprint density at radius 3 is 1.02 bits per heavy atom. The van der Waals surface area contributed by atoms with E-state index in [9.17, 15) is 9.59 Å². The maximum absolute atomic E-state index is 12.7. The largest absolute Gasteiger partial charge is 0.425 e. The van der Waals surface area contributed by atoms with Crippen LogP contribution in [0.15, 0.2) is 109 Å². The fourth-order valence-corrected chi connectivity index (χ4v) is 5.74. The van der Waals surface area contributed by atoms with E-state index in [-0.39, 0.29) is 11.9 Å². The molecule has 210 valence electrons. The van der Waals surface area contributed by atoms with Crippen LogP contribution in [0.4, 0.5) is 0 Å². The summed E-state index contributed by atoms with van der Waals surface area (Å²) in [6.07, 6.45) is 6.32. The summed E-state index contributed by atoms with van der Waals surface area (Å²) in [5, 5.41) is 8.07. The summed E-state index contributed by atoms with van der Waals surface area (Å²) >= 11 is 0. The van der Waals surface area contributed by atoms with Crippen LogP contribution in [0.1, 0.15) is 51.4 Å². The van der Waals surface area contributed by atoms with Gasteiger partial charge in [-0.2, -0.15) is 0 Å². The first-order valence-electron chi connectivity index (χ1n) is 14.9. The molecule has 0 aliphatic heterocycles. The molecule has 0 amide bonds. The number of hydrogen-bond acceptors (Lipinski definition) is 4. The normalized spacial score (nSPS) is 11.3. The zero-order valence-electron chi connectivity index (χ0n) is 23.7. The van der Waals surface area contributed by atoms with E-state index in [4.69, 9.17) is 9.47 Å². The minimum Gasteiger partial charge on any atom is -0.425 e. The molecule has 0 aromatic heterocycles. The third kappa shape index (κ3) is 6.13. The van der Waals surface area contributed by atoms with Gasteiger partial charge in [0.25, 0.3) is 0 Å². The van der Waals surface area contributed by atoms with Gasteiger partial charge in [-0.1, -0.05) is 123 Å². The van der Waals surface area contributed by atoms with E-state index < -0.39 is 0 Å². The van der Waals surface area contributed by atoms with Crippen molar-refractivity contribution in [1.82, 2.24) is 0 Å². The quantitative estimate of drug-likeness (QED) is 0.0692. The van der Waals surface area contributed by atoms with E-state index in [1.54, 1.807) is 0 Å².